The minimum atomic E-state index is -2.96. The molecule has 6 heteroatoms. The minimum Gasteiger partial charge on any atom is -0.237 e. The van der Waals surface area contributed by atoms with Crippen LogP contribution in [0.2, 0.25) is 0 Å². The summed E-state index contributed by atoms with van der Waals surface area (Å²) >= 11 is 4.81. The Balaban J connectivity index is 0.00000121. The van der Waals surface area contributed by atoms with Crippen molar-refractivity contribution in [2.24, 2.45) is 0 Å². The SMILES string of the molecule is FC1=CC(F)C(F)(Cl)C=C1F.[Mg+2]. The van der Waals surface area contributed by atoms with Crippen LogP contribution in [0.5, 0.6) is 0 Å². The molecule has 0 fully saturated rings. The number of hydrogen-bond donors (Lipinski definition) is 0. The van der Waals surface area contributed by atoms with E-state index in [1.807, 2.05) is 0 Å². The topological polar surface area (TPSA) is 0 Å². The molecule has 0 spiro atoms. The Morgan fingerprint density at radius 2 is 1.83 bits per heavy atom. The fourth-order valence-electron chi connectivity index (χ4n) is 0.637. The summed E-state index contributed by atoms with van der Waals surface area (Å²) in [5.41, 5.74) is 0. The Kier molecular flexibility index (Phi) is 4.06. The molecule has 0 saturated carbocycles. The van der Waals surface area contributed by atoms with Gasteiger partial charge in [-0.1, -0.05) is 11.6 Å². The standard InChI is InChI=1S/C6H3ClF4.Mg/c7-6(11)2-4(9)3(8)1-5(6)10;/h1-2,5H;/q;+2. The molecule has 2 atom stereocenters. The first-order chi connectivity index (χ1) is 4.93. The van der Waals surface area contributed by atoms with Crippen LogP contribution in [0, 0.1) is 0 Å². The van der Waals surface area contributed by atoms with E-state index in [0.29, 0.717) is 0 Å². The van der Waals surface area contributed by atoms with Gasteiger partial charge in [-0.3, -0.25) is 0 Å². The van der Waals surface area contributed by atoms with Gasteiger partial charge in [-0.05, 0) is 6.08 Å². The molecule has 0 aromatic heterocycles. The molecular formula is C6H3ClF4Mg+2. The zero-order valence-electron chi connectivity index (χ0n) is 5.83. The zero-order valence-corrected chi connectivity index (χ0v) is 8.00. The van der Waals surface area contributed by atoms with Crippen LogP contribution in [-0.4, -0.2) is 34.4 Å². The van der Waals surface area contributed by atoms with Crippen LogP contribution >= 0.6 is 11.6 Å². The molecule has 0 heterocycles. The van der Waals surface area contributed by atoms with E-state index in [4.69, 9.17) is 11.6 Å². The Labute approximate surface area is 87.4 Å². The molecule has 0 aromatic rings. The largest absolute Gasteiger partial charge is 2.00 e. The van der Waals surface area contributed by atoms with Crippen molar-refractivity contribution >= 4 is 34.7 Å². The van der Waals surface area contributed by atoms with E-state index < -0.39 is 23.0 Å². The van der Waals surface area contributed by atoms with E-state index in [9.17, 15) is 17.6 Å². The van der Waals surface area contributed by atoms with Crippen LogP contribution in [0.1, 0.15) is 0 Å². The van der Waals surface area contributed by atoms with Gasteiger partial charge in [-0.25, -0.2) is 17.6 Å². The summed E-state index contributed by atoms with van der Waals surface area (Å²) in [6.45, 7) is 0. The van der Waals surface area contributed by atoms with Crippen LogP contribution in [0.15, 0.2) is 23.8 Å². The maximum Gasteiger partial charge on any atom is 2.00 e. The summed E-state index contributed by atoms with van der Waals surface area (Å²) in [6.07, 6.45) is -2.12. The molecule has 0 radical (unpaired) electrons. The van der Waals surface area contributed by atoms with E-state index in [2.05, 4.69) is 0 Å². The fourth-order valence-corrected chi connectivity index (χ4v) is 0.795. The second-order valence-electron chi connectivity index (χ2n) is 2.08. The molecule has 1 aliphatic rings. The van der Waals surface area contributed by atoms with Crippen molar-refractivity contribution in [2.45, 2.75) is 11.3 Å². The van der Waals surface area contributed by atoms with Crippen molar-refractivity contribution in [1.82, 2.24) is 0 Å². The number of hydrogen-bond acceptors (Lipinski definition) is 0. The van der Waals surface area contributed by atoms with Crippen LogP contribution in [0.4, 0.5) is 17.6 Å². The van der Waals surface area contributed by atoms with Gasteiger partial charge < -0.3 is 0 Å². The predicted molar refractivity (Wildman–Crippen MR) is 38.7 cm³/mol. The van der Waals surface area contributed by atoms with Gasteiger partial charge in [0.2, 0.25) is 5.13 Å². The van der Waals surface area contributed by atoms with Gasteiger partial charge in [0, 0.05) is 6.08 Å². The second-order valence-corrected chi connectivity index (χ2v) is 2.66. The average Bonchev–Trinajstić information content (AvgIpc) is 1.83. The zero-order chi connectivity index (χ0) is 8.65. The first-order valence-corrected chi connectivity index (χ1v) is 3.09. The molecule has 0 bridgehead atoms. The Bertz CT molecular complexity index is 236. The van der Waals surface area contributed by atoms with E-state index in [-0.39, 0.29) is 35.2 Å². The van der Waals surface area contributed by atoms with Crippen molar-refractivity contribution in [1.29, 1.82) is 0 Å². The van der Waals surface area contributed by atoms with E-state index >= 15 is 0 Å². The number of alkyl halides is 3. The summed E-state index contributed by atoms with van der Waals surface area (Å²) in [4.78, 5) is 0. The molecular weight excluding hydrogens is 208 g/mol. The van der Waals surface area contributed by atoms with Crippen molar-refractivity contribution in [3.8, 4) is 0 Å². The predicted octanol–water partition coefficient (Wildman–Crippen LogP) is 2.57. The van der Waals surface area contributed by atoms with Crippen LogP contribution in [-0.2, 0) is 0 Å². The van der Waals surface area contributed by atoms with Crippen LogP contribution in [0.25, 0.3) is 0 Å². The normalized spacial score (nSPS) is 34.9. The summed E-state index contributed by atoms with van der Waals surface area (Å²) in [6, 6.07) is 0. The van der Waals surface area contributed by atoms with Gasteiger partial charge in [-0.15, -0.1) is 0 Å². The molecule has 0 aliphatic heterocycles. The Morgan fingerprint density at radius 3 is 2.25 bits per heavy atom. The molecule has 0 aromatic carbocycles. The third-order valence-corrected chi connectivity index (χ3v) is 1.53. The van der Waals surface area contributed by atoms with Crippen molar-refractivity contribution in [2.75, 3.05) is 0 Å². The van der Waals surface area contributed by atoms with Gasteiger partial charge in [-0.2, -0.15) is 0 Å². The number of rotatable bonds is 0. The molecule has 2 unspecified atom stereocenters. The Hall–Kier alpha value is 0.256. The van der Waals surface area contributed by atoms with Crippen molar-refractivity contribution in [3.05, 3.63) is 23.8 Å². The molecule has 0 saturated heterocycles. The first kappa shape index (κ1) is 12.3. The smallest absolute Gasteiger partial charge is 0.237 e. The maximum atomic E-state index is 12.6. The molecule has 1 aliphatic carbocycles. The van der Waals surface area contributed by atoms with Crippen molar-refractivity contribution < 1.29 is 17.6 Å². The van der Waals surface area contributed by atoms with E-state index in [1.54, 1.807) is 0 Å². The molecule has 0 amide bonds. The van der Waals surface area contributed by atoms with Crippen LogP contribution in [0.3, 0.4) is 0 Å². The molecule has 1 rings (SSSR count). The van der Waals surface area contributed by atoms with Gasteiger partial charge in [0.05, 0.1) is 0 Å². The quantitative estimate of drug-likeness (QED) is 0.328. The number of allylic oxidation sites excluding steroid dienone is 4. The maximum absolute atomic E-state index is 12.6. The third-order valence-electron chi connectivity index (χ3n) is 1.21. The van der Waals surface area contributed by atoms with Crippen molar-refractivity contribution in [3.63, 3.8) is 0 Å². The van der Waals surface area contributed by atoms with Crippen LogP contribution < -0.4 is 0 Å². The number of halogens is 5. The summed E-state index contributed by atoms with van der Waals surface area (Å²) in [5.74, 6) is -2.90. The summed E-state index contributed by atoms with van der Waals surface area (Å²) < 4.78 is 49.2. The fraction of sp³-hybridized carbons (Fsp3) is 0.333. The van der Waals surface area contributed by atoms with Gasteiger partial charge in [0.1, 0.15) is 0 Å². The second kappa shape index (κ2) is 3.98. The van der Waals surface area contributed by atoms with Gasteiger partial charge in [0.15, 0.2) is 17.8 Å². The van der Waals surface area contributed by atoms with E-state index in [1.165, 1.54) is 0 Å². The molecule has 0 N–H and O–H groups in total. The average molecular weight is 211 g/mol. The van der Waals surface area contributed by atoms with Gasteiger partial charge in [0.25, 0.3) is 0 Å². The summed E-state index contributed by atoms with van der Waals surface area (Å²) in [5, 5.41) is -2.96. The monoisotopic (exact) mass is 210 g/mol. The van der Waals surface area contributed by atoms with Gasteiger partial charge >= 0.3 is 23.1 Å². The molecule has 62 valence electrons. The molecule has 0 nitrogen and oxygen atoms in total. The first-order valence-electron chi connectivity index (χ1n) is 2.71. The Morgan fingerprint density at radius 1 is 1.33 bits per heavy atom. The van der Waals surface area contributed by atoms with E-state index in [0.717, 1.165) is 0 Å². The summed E-state index contributed by atoms with van der Waals surface area (Å²) in [7, 11) is 0. The molecule has 12 heavy (non-hydrogen) atoms. The third kappa shape index (κ3) is 2.37. The minimum absolute atomic E-state index is 0.